The number of thiazole rings is 1. The molecule has 1 amide bonds. The Labute approximate surface area is 177 Å². The fraction of sp³-hybridized carbons (Fsp3) is 0.304. The predicted octanol–water partition coefficient (Wildman–Crippen LogP) is 5.56. The zero-order chi connectivity index (χ0) is 20.6. The van der Waals surface area contributed by atoms with Crippen LogP contribution in [-0.4, -0.2) is 16.7 Å². The lowest BCUT2D eigenvalue weighted by atomic mass is 9.94. The Morgan fingerprint density at radius 1 is 1.10 bits per heavy atom. The topological polar surface area (TPSA) is 60.5 Å². The van der Waals surface area contributed by atoms with E-state index in [1.807, 2.05) is 23.6 Å². The maximum absolute atomic E-state index is 13.4. The van der Waals surface area contributed by atoms with E-state index in [9.17, 15) is 9.18 Å². The summed E-state index contributed by atoms with van der Waals surface area (Å²) < 4.78 is 25.6. The Morgan fingerprint density at radius 3 is 2.77 bits per heavy atom. The molecular weight excluding hydrogens is 403 g/mol. The molecule has 1 fully saturated rings. The van der Waals surface area contributed by atoms with Crippen LogP contribution in [0, 0.1) is 5.82 Å². The largest absolute Gasteiger partial charge is 0.448 e. The predicted molar refractivity (Wildman–Crippen MR) is 113 cm³/mol. The van der Waals surface area contributed by atoms with Gasteiger partial charge in [0.15, 0.2) is 11.5 Å². The first kappa shape index (κ1) is 19.1. The van der Waals surface area contributed by atoms with Gasteiger partial charge in [0.25, 0.3) is 5.79 Å². The van der Waals surface area contributed by atoms with Crippen LogP contribution in [0.25, 0.3) is 10.6 Å². The summed E-state index contributed by atoms with van der Waals surface area (Å²) in [5.74, 6) is 0.403. The SMILES string of the molecule is O=C(Cc1csc(-c2cccc(F)c2)n1)Nc1ccc2c(c1)OC1(CCCCC1)O2. The van der Waals surface area contributed by atoms with Crippen LogP contribution in [0.5, 0.6) is 11.5 Å². The van der Waals surface area contributed by atoms with Gasteiger partial charge >= 0.3 is 0 Å². The first-order chi connectivity index (χ1) is 14.6. The molecule has 5 rings (SSSR count). The summed E-state index contributed by atoms with van der Waals surface area (Å²) in [6, 6.07) is 11.8. The third-order valence-corrected chi connectivity index (χ3v) is 6.34. The molecule has 0 saturated heterocycles. The molecule has 154 valence electrons. The first-order valence-corrected chi connectivity index (χ1v) is 11.0. The van der Waals surface area contributed by atoms with E-state index >= 15 is 0 Å². The van der Waals surface area contributed by atoms with Crippen LogP contribution in [0.2, 0.25) is 0 Å². The van der Waals surface area contributed by atoms with Gasteiger partial charge in [-0.2, -0.15) is 0 Å². The van der Waals surface area contributed by atoms with Crippen molar-refractivity contribution in [3.63, 3.8) is 0 Å². The Kier molecular flexibility index (Phi) is 4.90. The van der Waals surface area contributed by atoms with Crippen LogP contribution >= 0.6 is 11.3 Å². The van der Waals surface area contributed by atoms with Gasteiger partial charge in [-0.25, -0.2) is 9.37 Å². The van der Waals surface area contributed by atoms with Crippen molar-refractivity contribution in [2.24, 2.45) is 0 Å². The summed E-state index contributed by atoms with van der Waals surface area (Å²) in [5.41, 5.74) is 2.02. The highest BCUT2D eigenvalue weighted by molar-refractivity contribution is 7.13. The quantitative estimate of drug-likeness (QED) is 0.595. The molecule has 0 bridgehead atoms. The highest BCUT2D eigenvalue weighted by atomic mass is 32.1. The number of aromatic nitrogens is 1. The number of hydrogen-bond acceptors (Lipinski definition) is 5. The molecule has 2 aromatic carbocycles. The summed E-state index contributed by atoms with van der Waals surface area (Å²) in [4.78, 5) is 17.0. The molecule has 1 N–H and O–H groups in total. The number of anilines is 1. The van der Waals surface area contributed by atoms with Crippen LogP contribution in [0.4, 0.5) is 10.1 Å². The van der Waals surface area contributed by atoms with Crippen LogP contribution < -0.4 is 14.8 Å². The molecular formula is C23H21FN2O3S. The Bertz CT molecular complexity index is 1090. The molecule has 0 unspecified atom stereocenters. The van der Waals surface area contributed by atoms with E-state index in [1.165, 1.54) is 29.9 Å². The molecule has 0 radical (unpaired) electrons. The molecule has 2 heterocycles. The van der Waals surface area contributed by atoms with Gasteiger partial charge in [0.1, 0.15) is 10.8 Å². The molecule has 7 heteroatoms. The van der Waals surface area contributed by atoms with Gasteiger partial charge in [-0.1, -0.05) is 18.6 Å². The minimum absolute atomic E-state index is 0.143. The molecule has 2 aliphatic rings. The number of carbonyl (C=O) groups excluding carboxylic acids is 1. The van der Waals surface area contributed by atoms with Crippen molar-refractivity contribution >= 4 is 22.9 Å². The van der Waals surface area contributed by atoms with Crippen molar-refractivity contribution in [2.75, 3.05) is 5.32 Å². The van der Waals surface area contributed by atoms with E-state index in [0.29, 0.717) is 27.7 Å². The molecule has 30 heavy (non-hydrogen) atoms. The highest BCUT2D eigenvalue weighted by Crippen LogP contribution is 2.46. The normalized spacial score (nSPS) is 16.6. The fourth-order valence-corrected chi connectivity index (χ4v) is 4.79. The van der Waals surface area contributed by atoms with Gasteiger partial charge in [-0.05, 0) is 37.1 Å². The molecule has 1 saturated carbocycles. The molecule has 5 nitrogen and oxygen atoms in total. The van der Waals surface area contributed by atoms with Gasteiger partial charge in [0.2, 0.25) is 5.91 Å². The minimum atomic E-state index is -0.531. The lowest BCUT2D eigenvalue weighted by molar-refractivity contribution is -0.115. The second kappa shape index (κ2) is 7.72. The molecule has 1 aliphatic heterocycles. The monoisotopic (exact) mass is 424 g/mol. The third kappa shape index (κ3) is 3.89. The van der Waals surface area contributed by atoms with E-state index in [0.717, 1.165) is 31.4 Å². The highest BCUT2D eigenvalue weighted by Gasteiger charge is 2.42. The number of hydrogen-bond donors (Lipinski definition) is 1. The van der Waals surface area contributed by atoms with Crippen molar-refractivity contribution in [3.05, 3.63) is 59.4 Å². The second-order valence-electron chi connectivity index (χ2n) is 7.72. The average Bonchev–Trinajstić information content (AvgIpc) is 3.32. The van der Waals surface area contributed by atoms with Gasteiger partial charge in [0, 0.05) is 35.5 Å². The lowest BCUT2D eigenvalue weighted by Crippen LogP contribution is -2.40. The number of rotatable bonds is 4. The number of fused-ring (bicyclic) bond motifs is 1. The van der Waals surface area contributed by atoms with Gasteiger partial charge in [0.05, 0.1) is 12.1 Å². The van der Waals surface area contributed by atoms with Gasteiger partial charge < -0.3 is 14.8 Å². The number of nitrogens with one attached hydrogen (secondary N) is 1. The molecule has 1 aromatic heterocycles. The number of amides is 1. The van der Waals surface area contributed by atoms with Gasteiger partial charge in [-0.15, -0.1) is 11.3 Å². The van der Waals surface area contributed by atoms with E-state index in [1.54, 1.807) is 12.1 Å². The first-order valence-electron chi connectivity index (χ1n) is 10.1. The lowest BCUT2D eigenvalue weighted by Gasteiger charge is -2.31. The zero-order valence-corrected chi connectivity index (χ0v) is 17.1. The van der Waals surface area contributed by atoms with E-state index in [4.69, 9.17) is 9.47 Å². The number of ether oxygens (including phenoxy) is 2. The Morgan fingerprint density at radius 2 is 1.93 bits per heavy atom. The average molecular weight is 424 g/mol. The molecule has 0 atom stereocenters. The van der Waals surface area contributed by atoms with Crippen LogP contribution in [0.15, 0.2) is 47.8 Å². The van der Waals surface area contributed by atoms with E-state index in [2.05, 4.69) is 10.3 Å². The number of halogens is 1. The van der Waals surface area contributed by atoms with E-state index in [-0.39, 0.29) is 18.1 Å². The number of benzene rings is 2. The minimum Gasteiger partial charge on any atom is -0.448 e. The molecule has 1 spiro atoms. The van der Waals surface area contributed by atoms with Crippen LogP contribution in [0.1, 0.15) is 37.8 Å². The summed E-state index contributed by atoms with van der Waals surface area (Å²) in [5, 5.41) is 5.42. The van der Waals surface area contributed by atoms with Gasteiger partial charge in [-0.3, -0.25) is 4.79 Å². The van der Waals surface area contributed by atoms with Crippen molar-refractivity contribution in [1.29, 1.82) is 0 Å². The Hall–Kier alpha value is -2.93. The summed E-state index contributed by atoms with van der Waals surface area (Å²) >= 11 is 1.39. The number of nitrogens with zero attached hydrogens (tertiary/aromatic N) is 1. The van der Waals surface area contributed by atoms with Crippen LogP contribution in [-0.2, 0) is 11.2 Å². The molecule has 3 aromatic rings. The van der Waals surface area contributed by atoms with Crippen molar-refractivity contribution in [1.82, 2.24) is 4.98 Å². The summed E-state index contributed by atoms with van der Waals surface area (Å²) in [6.07, 6.45) is 5.33. The van der Waals surface area contributed by atoms with Crippen molar-refractivity contribution in [2.45, 2.75) is 44.3 Å². The van der Waals surface area contributed by atoms with E-state index < -0.39 is 5.79 Å². The summed E-state index contributed by atoms with van der Waals surface area (Å²) in [7, 11) is 0. The second-order valence-corrected chi connectivity index (χ2v) is 8.57. The van der Waals surface area contributed by atoms with Crippen molar-refractivity contribution in [3.8, 4) is 22.1 Å². The summed E-state index contributed by atoms with van der Waals surface area (Å²) in [6.45, 7) is 0. The third-order valence-electron chi connectivity index (χ3n) is 5.40. The zero-order valence-electron chi connectivity index (χ0n) is 16.3. The Balaban J connectivity index is 1.23. The standard InChI is InChI=1S/C23H21FN2O3S/c24-16-6-4-5-15(11-16)22-26-18(14-30-22)13-21(27)25-17-7-8-19-20(12-17)29-23(28-19)9-2-1-3-10-23/h4-8,11-12,14H,1-3,9-10,13H2,(H,25,27). The van der Waals surface area contributed by atoms with Crippen LogP contribution in [0.3, 0.4) is 0 Å². The fourth-order valence-electron chi connectivity index (χ4n) is 3.98. The number of carbonyl (C=O) groups is 1. The maximum atomic E-state index is 13.4. The smallest absolute Gasteiger partial charge is 0.251 e. The molecule has 1 aliphatic carbocycles. The maximum Gasteiger partial charge on any atom is 0.251 e. The van der Waals surface area contributed by atoms with Crippen molar-refractivity contribution < 1.29 is 18.7 Å².